The molecule has 7 heteroatoms. The lowest BCUT2D eigenvalue weighted by atomic mass is 10.2. The van der Waals surface area contributed by atoms with E-state index in [1.165, 1.54) is 18.2 Å². The van der Waals surface area contributed by atoms with Crippen LogP contribution in [-0.4, -0.2) is 14.5 Å². The van der Waals surface area contributed by atoms with Gasteiger partial charge in [-0.25, -0.2) is 13.1 Å². The van der Waals surface area contributed by atoms with Crippen LogP contribution in [0.1, 0.15) is 19.1 Å². The van der Waals surface area contributed by atoms with Crippen LogP contribution in [-0.2, 0) is 16.4 Å². The smallest absolute Gasteiger partial charge is 0.240 e. The monoisotopic (exact) mass is 328 g/mol. The average molecular weight is 329 g/mol. The molecule has 0 aliphatic rings. The molecule has 0 aliphatic heterocycles. The number of halogens is 1. The van der Waals surface area contributed by atoms with Crippen molar-refractivity contribution in [3.05, 3.63) is 47.4 Å². The van der Waals surface area contributed by atoms with Crippen LogP contribution in [0.3, 0.4) is 0 Å². The van der Waals surface area contributed by atoms with E-state index >= 15 is 0 Å². The quantitative estimate of drug-likeness (QED) is 0.798. The summed E-state index contributed by atoms with van der Waals surface area (Å²) in [5, 5.41) is 0.333. The van der Waals surface area contributed by atoms with Gasteiger partial charge in [-0.2, -0.15) is 0 Å². The molecule has 0 saturated heterocycles. The molecule has 0 spiro atoms. The van der Waals surface area contributed by atoms with Gasteiger partial charge in [-0.05, 0) is 43.7 Å². The Kier molecular flexibility index (Phi) is 4.92. The van der Waals surface area contributed by atoms with E-state index in [9.17, 15) is 8.42 Å². The summed E-state index contributed by atoms with van der Waals surface area (Å²) in [6.07, 6.45) is 2.90. The highest BCUT2D eigenvalue weighted by molar-refractivity contribution is 7.89. The summed E-state index contributed by atoms with van der Waals surface area (Å²) >= 11 is 5.79. The first kappa shape index (κ1) is 15.9. The second-order valence-electron chi connectivity index (χ2n) is 4.82. The fourth-order valence-corrected chi connectivity index (χ4v) is 3.32. The van der Waals surface area contributed by atoms with Crippen molar-refractivity contribution in [3.8, 4) is 0 Å². The van der Waals surface area contributed by atoms with Crippen LogP contribution in [0.15, 0.2) is 45.9 Å². The van der Waals surface area contributed by atoms with Crippen molar-refractivity contribution in [3.63, 3.8) is 0 Å². The zero-order valence-electron chi connectivity index (χ0n) is 11.5. The third kappa shape index (κ3) is 4.23. The van der Waals surface area contributed by atoms with E-state index in [-0.39, 0.29) is 16.6 Å². The van der Waals surface area contributed by atoms with Gasteiger partial charge in [0.1, 0.15) is 5.76 Å². The predicted octanol–water partition coefficient (Wildman–Crippen LogP) is 2.81. The van der Waals surface area contributed by atoms with Gasteiger partial charge in [0, 0.05) is 12.5 Å². The summed E-state index contributed by atoms with van der Waals surface area (Å²) < 4.78 is 32.3. The number of anilines is 1. The highest BCUT2D eigenvalue weighted by Gasteiger charge is 2.18. The zero-order chi connectivity index (χ0) is 15.5. The van der Waals surface area contributed by atoms with Gasteiger partial charge in [0.2, 0.25) is 10.0 Å². The second-order valence-corrected chi connectivity index (χ2v) is 6.94. The van der Waals surface area contributed by atoms with Crippen molar-refractivity contribution < 1.29 is 12.8 Å². The number of rotatable bonds is 6. The van der Waals surface area contributed by atoms with Crippen molar-refractivity contribution in [1.29, 1.82) is 0 Å². The van der Waals surface area contributed by atoms with E-state index in [2.05, 4.69) is 4.72 Å². The fraction of sp³-hybridized carbons (Fsp3) is 0.286. The molecular formula is C14H17ClN2O3S. The summed E-state index contributed by atoms with van der Waals surface area (Å²) in [7, 11) is -3.61. The topological polar surface area (TPSA) is 85.3 Å². The molecule has 1 aromatic heterocycles. The van der Waals surface area contributed by atoms with E-state index in [4.69, 9.17) is 21.8 Å². The zero-order valence-corrected chi connectivity index (χ0v) is 13.1. The molecular weight excluding hydrogens is 312 g/mol. The molecule has 21 heavy (non-hydrogen) atoms. The normalized spacial score (nSPS) is 13.2. The maximum absolute atomic E-state index is 12.2. The number of benzene rings is 1. The van der Waals surface area contributed by atoms with Crippen LogP contribution in [0.4, 0.5) is 5.69 Å². The van der Waals surface area contributed by atoms with Crippen LogP contribution in [0.25, 0.3) is 0 Å². The van der Waals surface area contributed by atoms with E-state index in [0.29, 0.717) is 17.9 Å². The van der Waals surface area contributed by atoms with Gasteiger partial charge in [0.15, 0.2) is 0 Å². The Labute approximate surface area is 129 Å². The lowest BCUT2D eigenvalue weighted by Crippen LogP contribution is -2.33. The van der Waals surface area contributed by atoms with Crippen molar-refractivity contribution in [2.75, 3.05) is 5.73 Å². The van der Waals surface area contributed by atoms with Crippen molar-refractivity contribution in [2.45, 2.75) is 30.7 Å². The maximum Gasteiger partial charge on any atom is 0.240 e. The molecule has 2 rings (SSSR count). The Morgan fingerprint density at radius 3 is 2.76 bits per heavy atom. The number of aryl methyl sites for hydroxylation is 1. The predicted molar refractivity (Wildman–Crippen MR) is 82.7 cm³/mol. The van der Waals surface area contributed by atoms with Gasteiger partial charge in [0.05, 0.1) is 21.9 Å². The van der Waals surface area contributed by atoms with Crippen LogP contribution in [0.5, 0.6) is 0 Å². The molecule has 0 fully saturated rings. The second kappa shape index (κ2) is 6.51. The molecule has 2 aromatic rings. The lowest BCUT2D eigenvalue weighted by Gasteiger charge is -2.14. The fourth-order valence-electron chi connectivity index (χ4n) is 1.89. The molecule has 0 amide bonds. The van der Waals surface area contributed by atoms with Gasteiger partial charge < -0.3 is 10.2 Å². The number of nitrogen functional groups attached to an aromatic ring is 1. The third-order valence-electron chi connectivity index (χ3n) is 3.04. The number of nitrogens with one attached hydrogen (secondary N) is 1. The van der Waals surface area contributed by atoms with Crippen molar-refractivity contribution >= 4 is 27.3 Å². The molecule has 0 aliphatic carbocycles. The highest BCUT2D eigenvalue weighted by atomic mass is 35.5. The molecule has 1 aromatic carbocycles. The minimum Gasteiger partial charge on any atom is -0.469 e. The van der Waals surface area contributed by atoms with E-state index in [1.807, 2.05) is 6.07 Å². The molecule has 0 bridgehead atoms. The number of hydrogen-bond donors (Lipinski definition) is 2. The third-order valence-corrected chi connectivity index (χ3v) is 4.97. The summed E-state index contributed by atoms with van der Waals surface area (Å²) in [6, 6.07) is 7.70. The molecule has 5 nitrogen and oxygen atoms in total. The molecule has 1 atom stereocenters. The van der Waals surface area contributed by atoms with E-state index < -0.39 is 10.0 Å². The standard InChI is InChI=1S/C14H17ClN2O3S/c1-10(4-5-11-3-2-8-20-11)17-21(18,19)12-6-7-13(15)14(16)9-12/h2-3,6-10,17H,4-5,16H2,1H3. The average Bonchev–Trinajstić information content (AvgIpc) is 2.92. The molecule has 3 N–H and O–H groups in total. The summed E-state index contributed by atoms with van der Waals surface area (Å²) in [5.41, 5.74) is 5.87. The molecule has 0 saturated carbocycles. The van der Waals surface area contributed by atoms with Gasteiger partial charge in [-0.1, -0.05) is 11.6 Å². The first-order valence-electron chi connectivity index (χ1n) is 6.48. The van der Waals surface area contributed by atoms with E-state index in [0.717, 1.165) is 5.76 Å². The van der Waals surface area contributed by atoms with Gasteiger partial charge in [-0.3, -0.25) is 0 Å². The SMILES string of the molecule is CC(CCc1ccco1)NS(=O)(=O)c1ccc(Cl)c(N)c1. The van der Waals surface area contributed by atoms with Crippen LogP contribution >= 0.6 is 11.6 Å². The highest BCUT2D eigenvalue weighted by Crippen LogP contribution is 2.22. The first-order valence-corrected chi connectivity index (χ1v) is 8.34. The Morgan fingerprint density at radius 1 is 1.38 bits per heavy atom. The lowest BCUT2D eigenvalue weighted by molar-refractivity contribution is 0.480. The van der Waals surface area contributed by atoms with Gasteiger partial charge >= 0.3 is 0 Å². The molecule has 114 valence electrons. The minimum absolute atomic E-state index is 0.106. The Balaban J connectivity index is 2.01. The van der Waals surface area contributed by atoms with Crippen molar-refractivity contribution in [1.82, 2.24) is 4.72 Å². The number of hydrogen-bond acceptors (Lipinski definition) is 4. The summed E-state index contributed by atoms with van der Waals surface area (Å²) in [6.45, 7) is 1.81. The van der Waals surface area contributed by atoms with Gasteiger partial charge in [0.25, 0.3) is 0 Å². The van der Waals surface area contributed by atoms with E-state index in [1.54, 1.807) is 19.3 Å². The molecule has 1 heterocycles. The molecule has 1 unspecified atom stereocenters. The van der Waals surface area contributed by atoms with Crippen LogP contribution in [0, 0.1) is 0 Å². The summed E-state index contributed by atoms with van der Waals surface area (Å²) in [4.78, 5) is 0.106. The van der Waals surface area contributed by atoms with Crippen LogP contribution < -0.4 is 10.5 Å². The van der Waals surface area contributed by atoms with Gasteiger partial charge in [-0.15, -0.1) is 0 Å². The maximum atomic E-state index is 12.2. The summed E-state index contributed by atoms with van der Waals surface area (Å²) in [5.74, 6) is 0.830. The Hall–Kier alpha value is -1.50. The number of furan rings is 1. The molecule has 0 radical (unpaired) electrons. The number of nitrogens with two attached hydrogens (primary N) is 1. The minimum atomic E-state index is -3.61. The Morgan fingerprint density at radius 2 is 2.14 bits per heavy atom. The van der Waals surface area contributed by atoms with Crippen LogP contribution in [0.2, 0.25) is 5.02 Å². The first-order chi connectivity index (χ1) is 9.88. The largest absolute Gasteiger partial charge is 0.469 e. The Bertz CT molecular complexity index is 699. The number of sulfonamides is 1. The van der Waals surface area contributed by atoms with Crippen molar-refractivity contribution in [2.24, 2.45) is 0 Å².